The second-order valence-corrected chi connectivity index (χ2v) is 5.53. The van der Waals surface area contributed by atoms with Crippen molar-refractivity contribution in [3.05, 3.63) is 88.1 Å². The number of nitro groups is 1. The van der Waals surface area contributed by atoms with Gasteiger partial charge in [-0.15, -0.1) is 0 Å². The van der Waals surface area contributed by atoms with Crippen LogP contribution >= 0.6 is 0 Å². The zero-order valence-corrected chi connectivity index (χ0v) is 13.8. The molecule has 0 saturated heterocycles. The molecule has 3 aromatic rings. The van der Waals surface area contributed by atoms with Crippen LogP contribution in [0.1, 0.15) is 16.1 Å². The lowest BCUT2D eigenvalue weighted by molar-refractivity contribution is -0.385. The van der Waals surface area contributed by atoms with Crippen molar-refractivity contribution in [3.8, 4) is 0 Å². The Kier molecular flexibility index (Phi) is 4.87. The lowest BCUT2D eigenvalue weighted by Gasteiger charge is -2.25. The molecule has 0 atom stereocenters. The lowest BCUT2D eigenvalue weighted by atomic mass is 10.1. The van der Waals surface area contributed by atoms with Gasteiger partial charge in [0.2, 0.25) is 0 Å². The van der Waals surface area contributed by atoms with E-state index in [1.165, 1.54) is 24.3 Å². The van der Waals surface area contributed by atoms with Crippen LogP contribution < -0.4 is 4.90 Å². The molecule has 1 aromatic heterocycles. The van der Waals surface area contributed by atoms with Crippen molar-refractivity contribution in [1.82, 2.24) is 0 Å². The van der Waals surface area contributed by atoms with Gasteiger partial charge in [-0.25, -0.2) is 4.39 Å². The number of alkyl halides is 3. The molecule has 10 heteroatoms. The summed E-state index contributed by atoms with van der Waals surface area (Å²) in [6.07, 6.45) is -3.92. The highest BCUT2D eigenvalue weighted by atomic mass is 19.4. The second kappa shape index (κ2) is 7.14. The Morgan fingerprint density at radius 3 is 2.32 bits per heavy atom. The molecule has 0 unspecified atom stereocenters. The van der Waals surface area contributed by atoms with E-state index in [9.17, 15) is 32.5 Å². The quantitative estimate of drug-likeness (QED) is 0.341. The maximum absolute atomic E-state index is 14.3. The van der Waals surface area contributed by atoms with Crippen molar-refractivity contribution in [2.45, 2.75) is 6.18 Å². The van der Waals surface area contributed by atoms with E-state index in [4.69, 9.17) is 4.42 Å². The van der Waals surface area contributed by atoms with Crippen molar-refractivity contribution < 1.29 is 31.7 Å². The average Bonchev–Trinajstić information content (AvgIpc) is 3.17. The fraction of sp³-hybridized carbons (Fsp3) is 0.0556. The number of carbonyl (C=O) groups is 1. The summed E-state index contributed by atoms with van der Waals surface area (Å²) in [5, 5.41) is 10.9. The molecular weight excluding hydrogens is 384 g/mol. The number of non-ortho nitro benzene ring substituents is 1. The first-order valence-corrected chi connectivity index (χ1v) is 7.68. The van der Waals surface area contributed by atoms with Gasteiger partial charge in [-0.1, -0.05) is 12.1 Å². The molecule has 0 N–H and O–H groups in total. The number of para-hydroxylation sites is 1. The number of rotatable bonds is 4. The van der Waals surface area contributed by atoms with Gasteiger partial charge in [0.15, 0.2) is 5.76 Å². The lowest BCUT2D eigenvalue weighted by Crippen LogP contribution is -2.29. The molecule has 0 spiro atoms. The molecular formula is C18H10F4N2O4. The minimum absolute atomic E-state index is 0.290. The number of anilines is 2. The molecule has 0 fully saturated rings. The molecule has 28 heavy (non-hydrogen) atoms. The predicted molar refractivity (Wildman–Crippen MR) is 89.7 cm³/mol. The van der Waals surface area contributed by atoms with Gasteiger partial charge in [0.05, 0.1) is 28.1 Å². The molecule has 0 aliphatic rings. The second-order valence-electron chi connectivity index (χ2n) is 5.53. The minimum Gasteiger partial charge on any atom is -0.459 e. The third-order valence-electron chi connectivity index (χ3n) is 3.77. The first-order chi connectivity index (χ1) is 13.2. The fourth-order valence-corrected chi connectivity index (χ4v) is 2.55. The van der Waals surface area contributed by atoms with Gasteiger partial charge < -0.3 is 4.42 Å². The zero-order chi connectivity index (χ0) is 20.5. The molecule has 1 heterocycles. The molecule has 0 aliphatic heterocycles. The summed E-state index contributed by atoms with van der Waals surface area (Å²) in [6, 6.07) is 9.09. The number of hydrogen-bond donors (Lipinski definition) is 0. The third kappa shape index (κ3) is 3.56. The van der Waals surface area contributed by atoms with Gasteiger partial charge in [-0.3, -0.25) is 19.8 Å². The summed E-state index contributed by atoms with van der Waals surface area (Å²) < 4.78 is 60.1. The van der Waals surface area contributed by atoms with Gasteiger partial charge in [0.1, 0.15) is 5.82 Å². The maximum Gasteiger partial charge on any atom is 0.418 e. The number of nitro benzene ring substituents is 1. The van der Waals surface area contributed by atoms with Crippen LogP contribution in [0.4, 0.5) is 34.6 Å². The number of hydrogen-bond acceptors (Lipinski definition) is 4. The molecule has 2 aromatic carbocycles. The summed E-state index contributed by atoms with van der Waals surface area (Å²) in [5.74, 6) is -2.38. The van der Waals surface area contributed by atoms with Gasteiger partial charge in [0, 0.05) is 12.1 Å². The summed E-state index contributed by atoms with van der Waals surface area (Å²) in [7, 11) is 0. The highest BCUT2D eigenvalue weighted by molar-refractivity contribution is 6.10. The highest BCUT2D eigenvalue weighted by Crippen LogP contribution is 2.42. The van der Waals surface area contributed by atoms with E-state index in [2.05, 4.69) is 0 Å². The first kappa shape index (κ1) is 19.1. The number of amides is 1. The zero-order valence-electron chi connectivity index (χ0n) is 13.8. The van der Waals surface area contributed by atoms with Crippen LogP contribution in [0, 0.1) is 15.9 Å². The minimum atomic E-state index is -5.05. The molecule has 144 valence electrons. The van der Waals surface area contributed by atoms with Crippen LogP contribution in [0.3, 0.4) is 0 Å². The molecule has 3 rings (SSSR count). The van der Waals surface area contributed by atoms with E-state index in [0.29, 0.717) is 11.0 Å². The Morgan fingerprint density at radius 1 is 1.04 bits per heavy atom. The molecule has 0 saturated carbocycles. The van der Waals surface area contributed by atoms with Crippen molar-refractivity contribution in [2.24, 2.45) is 0 Å². The van der Waals surface area contributed by atoms with Crippen molar-refractivity contribution >= 4 is 23.0 Å². The topological polar surface area (TPSA) is 76.6 Å². The van der Waals surface area contributed by atoms with E-state index >= 15 is 0 Å². The van der Waals surface area contributed by atoms with E-state index in [0.717, 1.165) is 30.5 Å². The number of furan rings is 1. The van der Waals surface area contributed by atoms with Gasteiger partial charge in [0.25, 0.3) is 11.6 Å². The van der Waals surface area contributed by atoms with Gasteiger partial charge in [-0.05, 0) is 30.3 Å². The SMILES string of the molecule is O=C(c1ccco1)N(c1ccccc1F)c1ccc([N+](=O)[O-])cc1C(F)(F)F. The van der Waals surface area contributed by atoms with Gasteiger partial charge >= 0.3 is 6.18 Å². The highest BCUT2D eigenvalue weighted by Gasteiger charge is 2.39. The van der Waals surface area contributed by atoms with Crippen LogP contribution in [0.2, 0.25) is 0 Å². The van der Waals surface area contributed by atoms with E-state index in [-0.39, 0.29) is 5.76 Å². The number of carbonyl (C=O) groups excluding carboxylic acids is 1. The Morgan fingerprint density at radius 2 is 1.75 bits per heavy atom. The number of halogens is 4. The number of benzene rings is 2. The molecule has 6 nitrogen and oxygen atoms in total. The Hall–Kier alpha value is -3.69. The van der Waals surface area contributed by atoms with E-state index in [1.807, 2.05) is 0 Å². The average molecular weight is 394 g/mol. The summed E-state index contributed by atoms with van der Waals surface area (Å²) in [6.45, 7) is 0. The predicted octanol–water partition coefficient (Wildman–Crippen LogP) is 5.32. The maximum atomic E-state index is 14.3. The Labute approximate surface area is 154 Å². The van der Waals surface area contributed by atoms with E-state index < -0.39 is 45.4 Å². The molecule has 0 radical (unpaired) electrons. The smallest absolute Gasteiger partial charge is 0.418 e. The third-order valence-corrected chi connectivity index (χ3v) is 3.77. The molecule has 0 bridgehead atoms. The van der Waals surface area contributed by atoms with Crippen LogP contribution in [0.5, 0.6) is 0 Å². The van der Waals surface area contributed by atoms with Crippen LogP contribution in [0.25, 0.3) is 0 Å². The normalized spacial score (nSPS) is 11.3. The monoisotopic (exact) mass is 394 g/mol. The van der Waals surface area contributed by atoms with Crippen LogP contribution in [-0.4, -0.2) is 10.8 Å². The van der Waals surface area contributed by atoms with Gasteiger partial charge in [-0.2, -0.15) is 13.2 Å². The standard InChI is InChI=1S/C18H10F4N2O4/c19-13-4-1-2-5-15(13)23(17(25)16-6-3-9-28-16)14-8-7-11(24(26)27)10-12(14)18(20,21)22/h1-10H. The summed E-state index contributed by atoms with van der Waals surface area (Å²) in [4.78, 5) is 23.2. The van der Waals surface area contributed by atoms with Crippen molar-refractivity contribution in [3.63, 3.8) is 0 Å². The Balaban J connectivity index is 2.28. The Bertz CT molecular complexity index is 1030. The molecule has 0 aliphatic carbocycles. The first-order valence-electron chi connectivity index (χ1n) is 7.68. The summed E-state index contributed by atoms with van der Waals surface area (Å²) >= 11 is 0. The van der Waals surface area contributed by atoms with Crippen molar-refractivity contribution in [1.29, 1.82) is 0 Å². The largest absolute Gasteiger partial charge is 0.459 e. The van der Waals surface area contributed by atoms with Crippen molar-refractivity contribution in [2.75, 3.05) is 4.90 Å². The van der Waals surface area contributed by atoms with Crippen LogP contribution in [0.15, 0.2) is 65.3 Å². The van der Waals surface area contributed by atoms with E-state index in [1.54, 1.807) is 0 Å². The number of nitrogens with zero attached hydrogens (tertiary/aromatic N) is 2. The summed E-state index contributed by atoms with van der Waals surface area (Å²) in [5.41, 5.74) is -3.53. The fourth-order valence-electron chi connectivity index (χ4n) is 2.55. The molecule has 1 amide bonds. The van der Waals surface area contributed by atoms with Crippen LogP contribution in [-0.2, 0) is 6.18 Å².